The minimum atomic E-state index is 0.662. The first-order valence-corrected chi connectivity index (χ1v) is 6.79. The van der Waals surface area contributed by atoms with Crippen molar-refractivity contribution >= 4 is 11.8 Å². The maximum absolute atomic E-state index is 5.42. The Bertz CT molecular complexity index is 456. The van der Waals surface area contributed by atoms with Crippen molar-refractivity contribution < 1.29 is 0 Å². The maximum Gasteiger partial charge on any atom is 0.101 e. The summed E-state index contributed by atoms with van der Waals surface area (Å²) < 4.78 is 0. The molecule has 0 amide bonds. The van der Waals surface area contributed by atoms with Crippen LogP contribution in [0.5, 0.6) is 0 Å². The van der Waals surface area contributed by atoms with Crippen molar-refractivity contribution in [1.29, 1.82) is 0 Å². The molecule has 0 saturated heterocycles. The van der Waals surface area contributed by atoms with Crippen LogP contribution in [0, 0.1) is 0 Å². The lowest BCUT2D eigenvalue weighted by Crippen LogP contribution is -2.21. The zero-order chi connectivity index (χ0) is 12.6. The standard InChI is InChI=1S/C14H17N3S/c15-8-9-16-10-12-6-7-14(17-11-12)18-13-4-2-1-3-5-13/h1-7,11,16H,8-10,15H2. The summed E-state index contributed by atoms with van der Waals surface area (Å²) in [5.74, 6) is 0. The van der Waals surface area contributed by atoms with Gasteiger partial charge in [-0.15, -0.1) is 0 Å². The van der Waals surface area contributed by atoms with Crippen LogP contribution < -0.4 is 11.1 Å². The molecular formula is C14H17N3S. The molecule has 0 atom stereocenters. The summed E-state index contributed by atoms with van der Waals surface area (Å²) in [4.78, 5) is 5.65. The molecule has 0 aliphatic heterocycles. The van der Waals surface area contributed by atoms with E-state index in [4.69, 9.17) is 5.73 Å². The SMILES string of the molecule is NCCNCc1ccc(Sc2ccccc2)nc1. The molecule has 0 fully saturated rings. The summed E-state index contributed by atoms with van der Waals surface area (Å²) >= 11 is 1.67. The number of nitrogens with one attached hydrogen (secondary N) is 1. The molecule has 2 rings (SSSR count). The Hall–Kier alpha value is -1.36. The predicted octanol–water partition coefficient (Wildman–Crippen LogP) is 2.28. The number of rotatable bonds is 6. The van der Waals surface area contributed by atoms with Gasteiger partial charge in [0.2, 0.25) is 0 Å². The van der Waals surface area contributed by atoms with Crippen molar-refractivity contribution in [2.75, 3.05) is 13.1 Å². The first kappa shape index (κ1) is 13.1. The van der Waals surface area contributed by atoms with Gasteiger partial charge in [-0.05, 0) is 23.8 Å². The van der Waals surface area contributed by atoms with Crippen LogP contribution in [0.1, 0.15) is 5.56 Å². The van der Waals surface area contributed by atoms with Crippen molar-refractivity contribution in [1.82, 2.24) is 10.3 Å². The molecule has 1 aromatic carbocycles. The van der Waals surface area contributed by atoms with E-state index < -0.39 is 0 Å². The Labute approximate surface area is 112 Å². The zero-order valence-corrected chi connectivity index (χ0v) is 11.0. The van der Waals surface area contributed by atoms with Gasteiger partial charge in [-0.3, -0.25) is 0 Å². The second-order valence-electron chi connectivity index (χ2n) is 3.89. The smallest absolute Gasteiger partial charge is 0.101 e. The van der Waals surface area contributed by atoms with E-state index >= 15 is 0 Å². The van der Waals surface area contributed by atoms with Crippen LogP contribution in [0.2, 0.25) is 0 Å². The Balaban J connectivity index is 1.91. The molecule has 3 N–H and O–H groups in total. The molecule has 0 radical (unpaired) electrons. The third kappa shape index (κ3) is 4.14. The molecule has 1 aromatic heterocycles. The van der Waals surface area contributed by atoms with E-state index in [0.717, 1.165) is 18.1 Å². The lowest BCUT2D eigenvalue weighted by atomic mass is 10.3. The van der Waals surface area contributed by atoms with E-state index in [2.05, 4.69) is 34.6 Å². The normalized spacial score (nSPS) is 10.5. The molecule has 0 unspecified atom stereocenters. The molecule has 0 bridgehead atoms. The Morgan fingerprint density at radius 3 is 2.61 bits per heavy atom. The summed E-state index contributed by atoms with van der Waals surface area (Å²) in [5.41, 5.74) is 6.60. The highest BCUT2D eigenvalue weighted by Gasteiger charge is 1.98. The number of pyridine rings is 1. The Morgan fingerprint density at radius 1 is 1.11 bits per heavy atom. The van der Waals surface area contributed by atoms with Crippen LogP contribution in [0.25, 0.3) is 0 Å². The van der Waals surface area contributed by atoms with Gasteiger partial charge in [0.25, 0.3) is 0 Å². The summed E-state index contributed by atoms with van der Waals surface area (Å²) in [6, 6.07) is 14.4. The summed E-state index contributed by atoms with van der Waals surface area (Å²) in [6.07, 6.45) is 1.91. The van der Waals surface area contributed by atoms with Gasteiger partial charge in [0.05, 0.1) is 0 Å². The Morgan fingerprint density at radius 2 is 1.94 bits per heavy atom. The fourth-order valence-electron chi connectivity index (χ4n) is 1.52. The van der Waals surface area contributed by atoms with Crippen LogP contribution in [0.4, 0.5) is 0 Å². The second-order valence-corrected chi connectivity index (χ2v) is 4.98. The minimum absolute atomic E-state index is 0.662. The zero-order valence-electron chi connectivity index (χ0n) is 10.2. The van der Waals surface area contributed by atoms with Crippen LogP contribution in [-0.4, -0.2) is 18.1 Å². The summed E-state index contributed by atoms with van der Waals surface area (Å²) in [5, 5.41) is 4.27. The molecule has 3 nitrogen and oxygen atoms in total. The van der Waals surface area contributed by atoms with E-state index in [1.807, 2.05) is 24.4 Å². The highest BCUT2D eigenvalue weighted by molar-refractivity contribution is 7.99. The van der Waals surface area contributed by atoms with Crippen molar-refractivity contribution in [2.24, 2.45) is 5.73 Å². The van der Waals surface area contributed by atoms with E-state index in [1.165, 1.54) is 10.5 Å². The van der Waals surface area contributed by atoms with Gasteiger partial charge < -0.3 is 11.1 Å². The summed E-state index contributed by atoms with van der Waals surface area (Å²) in [6.45, 7) is 2.32. The topological polar surface area (TPSA) is 50.9 Å². The van der Waals surface area contributed by atoms with Crippen molar-refractivity contribution in [3.8, 4) is 0 Å². The monoisotopic (exact) mass is 259 g/mol. The fraction of sp³-hybridized carbons (Fsp3) is 0.214. The van der Waals surface area contributed by atoms with E-state index in [9.17, 15) is 0 Å². The van der Waals surface area contributed by atoms with Gasteiger partial charge in [0.1, 0.15) is 5.03 Å². The van der Waals surface area contributed by atoms with Crippen LogP contribution in [0.3, 0.4) is 0 Å². The molecule has 4 heteroatoms. The first-order chi connectivity index (χ1) is 8.88. The highest BCUT2D eigenvalue weighted by Crippen LogP contribution is 2.25. The Kier molecular flexibility index (Phi) is 5.20. The number of benzene rings is 1. The van der Waals surface area contributed by atoms with Gasteiger partial charge in [0, 0.05) is 30.7 Å². The molecular weight excluding hydrogens is 242 g/mol. The van der Waals surface area contributed by atoms with E-state index in [0.29, 0.717) is 6.54 Å². The largest absolute Gasteiger partial charge is 0.329 e. The fourth-order valence-corrected chi connectivity index (χ4v) is 2.30. The number of aromatic nitrogens is 1. The third-order valence-corrected chi connectivity index (χ3v) is 3.37. The summed E-state index contributed by atoms with van der Waals surface area (Å²) in [7, 11) is 0. The van der Waals surface area contributed by atoms with Gasteiger partial charge in [-0.2, -0.15) is 0 Å². The lowest BCUT2D eigenvalue weighted by molar-refractivity contribution is 0.692. The van der Waals surface area contributed by atoms with Gasteiger partial charge >= 0.3 is 0 Å². The van der Waals surface area contributed by atoms with Crippen molar-refractivity contribution in [2.45, 2.75) is 16.5 Å². The second kappa shape index (κ2) is 7.16. The van der Waals surface area contributed by atoms with Gasteiger partial charge in [-0.1, -0.05) is 36.0 Å². The van der Waals surface area contributed by atoms with Crippen LogP contribution in [-0.2, 0) is 6.54 Å². The molecule has 0 spiro atoms. The van der Waals surface area contributed by atoms with E-state index in [-0.39, 0.29) is 0 Å². The van der Waals surface area contributed by atoms with Crippen molar-refractivity contribution in [3.63, 3.8) is 0 Å². The molecule has 1 heterocycles. The average Bonchev–Trinajstić information content (AvgIpc) is 2.42. The van der Waals surface area contributed by atoms with E-state index in [1.54, 1.807) is 11.8 Å². The molecule has 2 aromatic rings. The average molecular weight is 259 g/mol. The molecule has 0 aliphatic rings. The number of hydrogen-bond acceptors (Lipinski definition) is 4. The number of hydrogen-bond donors (Lipinski definition) is 2. The molecule has 0 aliphatic carbocycles. The quantitative estimate of drug-likeness (QED) is 0.781. The van der Waals surface area contributed by atoms with Crippen molar-refractivity contribution in [3.05, 3.63) is 54.2 Å². The van der Waals surface area contributed by atoms with Crippen LogP contribution >= 0.6 is 11.8 Å². The lowest BCUT2D eigenvalue weighted by Gasteiger charge is -2.04. The highest BCUT2D eigenvalue weighted by atomic mass is 32.2. The van der Waals surface area contributed by atoms with Gasteiger partial charge in [0.15, 0.2) is 0 Å². The first-order valence-electron chi connectivity index (χ1n) is 5.97. The number of nitrogens with zero attached hydrogens (tertiary/aromatic N) is 1. The minimum Gasteiger partial charge on any atom is -0.329 e. The molecule has 94 valence electrons. The van der Waals surface area contributed by atoms with Crippen LogP contribution in [0.15, 0.2) is 58.6 Å². The molecule has 18 heavy (non-hydrogen) atoms. The molecule has 0 saturated carbocycles. The predicted molar refractivity (Wildman–Crippen MR) is 75.6 cm³/mol. The van der Waals surface area contributed by atoms with Gasteiger partial charge in [-0.25, -0.2) is 4.98 Å². The number of nitrogens with two attached hydrogens (primary N) is 1. The maximum atomic E-state index is 5.42. The third-order valence-electron chi connectivity index (χ3n) is 2.41.